The molecule has 0 radical (unpaired) electrons. The molecule has 0 atom stereocenters. The predicted octanol–water partition coefficient (Wildman–Crippen LogP) is 8.14. The summed E-state index contributed by atoms with van der Waals surface area (Å²) in [7, 11) is 0. The van der Waals surface area contributed by atoms with E-state index >= 15 is 0 Å². The van der Waals surface area contributed by atoms with Crippen molar-refractivity contribution >= 4 is 35.1 Å². The second kappa shape index (κ2) is 16.1. The van der Waals surface area contributed by atoms with E-state index in [0.29, 0.717) is 13.0 Å². The van der Waals surface area contributed by atoms with Crippen LogP contribution in [-0.2, 0) is 19.1 Å². The first kappa shape index (κ1) is 32.9. The number of alkyl halides is 2. The highest BCUT2D eigenvalue weighted by Crippen LogP contribution is 2.45. The van der Waals surface area contributed by atoms with E-state index in [9.17, 15) is 9.59 Å². The van der Waals surface area contributed by atoms with Crippen LogP contribution in [0.1, 0.15) is 54.9 Å². The fourth-order valence-corrected chi connectivity index (χ4v) is 5.38. The van der Waals surface area contributed by atoms with E-state index in [2.05, 4.69) is 60.7 Å². The van der Waals surface area contributed by atoms with Crippen molar-refractivity contribution in [2.24, 2.45) is 0 Å². The quantitative estimate of drug-likeness (QED) is 0.177. The van der Waals surface area contributed by atoms with Crippen molar-refractivity contribution in [3.05, 3.63) is 119 Å². The molecule has 0 heterocycles. The van der Waals surface area contributed by atoms with Crippen molar-refractivity contribution in [1.29, 1.82) is 0 Å². The van der Waals surface area contributed by atoms with E-state index in [1.807, 2.05) is 43.3 Å². The number of ether oxygens (including phenoxy) is 2. The third-order valence-electron chi connectivity index (χ3n) is 7.16. The number of aliphatic hydroxyl groups is 1. The second-order valence-electron chi connectivity index (χ2n) is 9.43. The molecule has 4 aromatic rings. The molecule has 42 heavy (non-hydrogen) atoms. The summed E-state index contributed by atoms with van der Waals surface area (Å²) < 4.78 is 10.4. The Hall–Kier alpha value is -3.64. The van der Waals surface area contributed by atoms with Crippen molar-refractivity contribution < 1.29 is 24.2 Å². The summed E-state index contributed by atoms with van der Waals surface area (Å²) in [5.74, 6) is -0.491. The molecule has 6 rings (SSSR count). The summed E-state index contributed by atoms with van der Waals surface area (Å²) in [5, 5.41) is 8.92. The zero-order chi connectivity index (χ0) is 29.2. The van der Waals surface area contributed by atoms with Gasteiger partial charge in [0.1, 0.15) is 19.8 Å². The largest absolute Gasteiger partial charge is 0.465 e. The predicted molar refractivity (Wildman–Crippen MR) is 170 cm³/mol. The number of halogens is 2. The van der Waals surface area contributed by atoms with Gasteiger partial charge in [-0.2, -0.15) is 0 Å². The molecular formula is C35H36Cl2O5. The van der Waals surface area contributed by atoms with Gasteiger partial charge in [0.2, 0.25) is 0 Å². The average Bonchev–Trinajstić information content (AvgIpc) is 3.52. The Kier molecular flexibility index (Phi) is 12.6. The van der Waals surface area contributed by atoms with Gasteiger partial charge in [0, 0.05) is 18.3 Å². The van der Waals surface area contributed by atoms with Crippen LogP contribution in [0, 0.1) is 0 Å². The van der Waals surface area contributed by atoms with Crippen LogP contribution in [0.5, 0.6) is 0 Å². The number of carbonyl (C=O) groups is 2. The fourth-order valence-electron chi connectivity index (χ4n) is 5.38. The van der Waals surface area contributed by atoms with E-state index < -0.39 is 12.6 Å². The Labute approximate surface area is 258 Å². The number of rotatable bonds is 6. The molecule has 0 aliphatic heterocycles. The summed E-state index contributed by atoms with van der Waals surface area (Å²) >= 11 is 9.53. The minimum absolute atomic E-state index is 0. The van der Waals surface area contributed by atoms with E-state index in [1.165, 1.54) is 44.5 Å². The van der Waals surface area contributed by atoms with Gasteiger partial charge in [-0.3, -0.25) is 4.79 Å². The molecule has 0 fully saturated rings. The Morgan fingerprint density at radius 1 is 0.619 bits per heavy atom. The van der Waals surface area contributed by atoms with E-state index in [4.69, 9.17) is 37.8 Å². The molecule has 0 saturated heterocycles. The highest BCUT2D eigenvalue weighted by Gasteiger charge is 2.29. The minimum Gasteiger partial charge on any atom is -0.465 e. The molecule has 0 spiro atoms. The lowest BCUT2D eigenvalue weighted by atomic mass is 9.98. The van der Waals surface area contributed by atoms with Crippen LogP contribution in [0.4, 0.5) is 0 Å². The first-order valence-electron chi connectivity index (χ1n) is 13.4. The number of carbonyl (C=O) groups excluding carboxylic acids is 2. The lowest BCUT2D eigenvalue weighted by molar-refractivity contribution is -0.147. The summed E-state index contributed by atoms with van der Waals surface area (Å²) in [6.45, 7) is 1.95. The molecular weight excluding hydrogens is 571 g/mol. The Morgan fingerprint density at radius 2 is 0.905 bits per heavy atom. The van der Waals surface area contributed by atoms with Gasteiger partial charge in [0.15, 0.2) is 0 Å². The summed E-state index contributed by atoms with van der Waals surface area (Å²) in [6.07, 6.45) is 0.427. The molecule has 220 valence electrons. The lowest BCUT2D eigenvalue weighted by Crippen LogP contribution is -2.14. The third-order valence-corrected chi connectivity index (χ3v) is 7.16. The van der Waals surface area contributed by atoms with Gasteiger partial charge in [0.05, 0.1) is 5.34 Å². The van der Waals surface area contributed by atoms with Crippen LogP contribution in [0.25, 0.3) is 22.3 Å². The number of hydrogen-bond acceptors (Lipinski definition) is 5. The molecule has 0 aromatic heterocycles. The standard InChI is InChI=1S/C17H16O2.C16H14O3.CH2Cl2.CH4/c1-2-17(18)19-11-16-14-9-5-3-7-12(14)13-8-4-6-10-15(13)16;17-9-16(18)19-10-15-13-7-3-1-5-11(13)12-6-2-4-8-14(12)15;2-1-3;/h3-10,16H,2,11H2,1H3;1-8,15,17H,9-10H2;1H2;1H4. The minimum atomic E-state index is -0.582. The first-order chi connectivity index (χ1) is 20.0. The zero-order valence-electron chi connectivity index (χ0n) is 22.8. The fraction of sp³-hybridized carbons (Fsp3) is 0.257. The lowest BCUT2D eigenvalue weighted by Gasteiger charge is -2.13. The molecule has 0 saturated carbocycles. The normalized spacial score (nSPS) is 12.1. The number of benzene rings is 4. The molecule has 0 amide bonds. The van der Waals surface area contributed by atoms with Crippen LogP contribution in [0.2, 0.25) is 0 Å². The SMILES string of the molecule is C.CCC(=O)OCC1c2ccccc2-c2ccccc21.ClCCl.O=C(CO)OCC1c2ccccc2-c2ccccc21. The van der Waals surface area contributed by atoms with Crippen molar-refractivity contribution in [3.8, 4) is 22.3 Å². The summed E-state index contributed by atoms with van der Waals surface area (Å²) in [5.41, 5.74) is 9.78. The van der Waals surface area contributed by atoms with Crippen molar-refractivity contribution in [1.82, 2.24) is 0 Å². The van der Waals surface area contributed by atoms with Crippen LogP contribution < -0.4 is 0 Å². The Bertz CT molecular complexity index is 1280. The maximum atomic E-state index is 11.4. The van der Waals surface area contributed by atoms with Crippen LogP contribution in [0.3, 0.4) is 0 Å². The van der Waals surface area contributed by atoms with Crippen LogP contribution >= 0.6 is 23.2 Å². The van der Waals surface area contributed by atoms with Crippen molar-refractivity contribution in [3.63, 3.8) is 0 Å². The van der Waals surface area contributed by atoms with Crippen molar-refractivity contribution in [2.45, 2.75) is 32.6 Å². The van der Waals surface area contributed by atoms with Gasteiger partial charge in [0.25, 0.3) is 0 Å². The number of esters is 2. The van der Waals surface area contributed by atoms with Crippen LogP contribution in [-0.4, -0.2) is 42.2 Å². The Balaban J connectivity index is 0.000000207. The average molecular weight is 608 g/mol. The maximum Gasteiger partial charge on any atom is 0.331 e. The maximum absolute atomic E-state index is 11.4. The molecule has 5 nitrogen and oxygen atoms in total. The van der Waals surface area contributed by atoms with Crippen molar-refractivity contribution in [2.75, 3.05) is 25.2 Å². The second-order valence-corrected chi connectivity index (χ2v) is 10.2. The molecule has 0 bridgehead atoms. The summed E-state index contributed by atoms with van der Waals surface area (Å²) in [6, 6.07) is 33.0. The number of hydrogen-bond donors (Lipinski definition) is 1. The monoisotopic (exact) mass is 606 g/mol. The van der Waals surface area contributed by atoms with Gasteiger partial charge < -0.3 is 14.6 Å². The van der Waals surface area contributed by atoms with Gasteiger partial charge in [-0.05, 0) is 44.5 Å². The van der Waals surface area contributed by atoms with Gasteiger partial charge in [-0.1, -0.05) is 111 Å². The highest BCUT2D eigenvalue weighted by molar-refractivity contribution is 6.40. The molecule has 4 aromatic carbocycles. The number of fused-ring (bicyclic) bond motifs is 6. The number of aliphatic hydroxyl groups excluding tert-OH is 1. The highest BCUT2D eigenvalue weighted by atomic mass is 35.5. The Morgan fingerprint density at radius 3 is 1.19 bits per heavy atom. The first-order valence-corrected chi connectivity index (χ1v) is 14.5. The molecule has 7 heteroatoms. The van der Waals surface area contributed by atoms with Gasteiger partial charge in [-0.15, -0.1) is 23.2 Å². The molecule has 0 unspecified atom stereocenters. The van der Waals surface area contributed by atoms with E-state index in [1.54, 1.807) is 0 Å². The third kappa shape index (κ3) is 7.40. The van der Waals surface area contributed by atoms with E-state index in [0.717, 1.165) is 0 Å². The zero-order valence-corrected chi connectivity index (χ0v) is 24.3. The molecule has 1 N–H and O–H groups in total. The van der Waals surface area contributed by atoms with Gasteiger partial charge in [-0.25, -0.2) is 4.79 Å². The molecule has 2 aliphatic carbocycles. The van der Waals surface area contributed by atoms with E-state index in [-0.39, 0.29) is 37.2 Å². The van der Waals surface area contributed by atoms with Crippen LogP contribution in [0.15, 0.2) is 97.1 Å². The van der Waals surface area contributed by atoms with Gasteiger partial charge >= 0.3 is 11.9 Å². The topological polar surface area (TPSA) is 72.8 Å². The summed E-state index contributed by atoms with van der Waals surface area (Å²) in [4.78, 5) is 22.5. The smallest absolute Gasteiger partial charge is 0.331 e. The molecule has 2 aliphatic rings.